The lowest BCUT2D eigenvalue weighted by atomic mass is 9.77. The highest BCUT2D eigenvalue weighted by molar-refractivity contribution is 6.30. The molecule has 7 nitrogen and oxygen atoms in total. The molecule has 152 valence electrons. The first-order valence-corrected chi connectivity index (χ1v) is 10.1. The molecule has 2 bridgehead atoms. The van der Waals surface area contributed by atoms with Crippen LogP contribution in [0.1, 0.15) is 0 Å². The summed E-state index contributed by atoms with van der Waals surface area (Å²) in [5.41, 5.74) is 0.489. The minimum atomic E-state index is -0.797. The molecular formula is C22H17ClN2O5. The summed E-state index contributed by atoms with van der Waals surface area (Å²) in [5, 5.41) is 3.41. The molecule has 0 saturated carbocycles. The number of halogens is 1. The summed E-state index contributed by atoms with van der Waals surface area (Å²) >= 11 is 6.02. The molecule has 2 aromatic rings. The van der Waals surface area contributed by atoms with Crippen LogP contribution >= 0.6 is 11.6 Å². The third kappa shape index (κ3) is 2.49. The summed E-state index contributed by atoms with van der Waals surface area (Å²) in [6.07, 6.45) is 3.39. The third-order valence-corrected chi connectivity index (χ3v) is 6.40. The molecule has 6 rings (SSSR count). The fourth-order valence-corrected chi connectivity index (χ4v) is 5.05. The van der Waals surface area contributed by atoms with Crippen molar-refractivity contribution in [2.24, 2.45) is 11.8 Å². The van der Waals surface area contributed by atoms with E-state index < -0.39 is 23.5 Å². The number of benzene rings is 2. The molecule has 4 aliphatic rings. The molecule has 4 heterocycles. The number of hydrogen-bond acceptors (Lipinski definition) is 5. The van der Waals surface area contributed by atoms with Gasteiger partial charge in [-0.1, -0.05) is 29.8 Å². The van der Waals surface area contributed by atoms with E-state index >= 15 is 0 Å². The normalized spacial score (nSPS) is 30.1. The van der Waals surface area contributed by atoms with Crippen LogP contribution in [0.2, 0.25) is 5.02 Å². The summed E-state index contributed by atoms with van der Waals surface area (Å²) in [4.78, 5) is 28.2. The van der Waals surface area contributed by atoms with Crippen molar-refractivity contribution in [3.8, 4) is 11.5 Å². The first-order chi connectivity index (χ1) is 14.5. The van der Waals surface area contributed by atoms with Crippen LogP contribution < -0.4 is 19.7 Å². The third-order valence-electron chi connectivity index (χ3n) is 6.16. The monoisotopic (exact) mass is 424 g/mol. The standard InChI is InChI=1S/C22H17ClN2O5/c23-12-2-1-3-13(8-12)24-20(26)18-16-6-7-22(30-16)10-25(21(27)19(18)22)14-4-5-15-17(9-14)29-11-28-15/h1-9,16,18-19H,10-11H2,(H,24,26)/t16-,18?,19?,22-/m1/s1. The summed E-state index contributed by atoms with van der Waals surface area (Å²) in [7, 11) is 0. The second kappa shape index (κ2) is 6.23. The average Bonchev–Trinajstić information content (AvgIpc) is 3.48. The Balaban J connectivity index is 1.30. The minimum Gasteiger partial charge on any atom is -0.454 e. The Morgan fingerprint density at radius 2 is 2.03 bits per heavy atom. The lowest BCUT2D eigenvalue weighted by molar-refractivity contribution is -0.128. The van der Waals surface area contributed by atoms with E-state index in [-0.39, 0.29) is 18.6 Å². The number of amides is 2. The van der Waals surface area contributed by atoms with Crippen molar-refractivity contribution in [3.05, 3.63) is 59.6 Å². The number of nitrogens with zero attached hydrogens (tertiary/aromatic N) is 1. The van der Waals surface area contributed by atoms with Gasteiger partial charge in [0, 0.05) is 22.5 Å². The first kappa shape index (κ1) is 17.8. The molecular weight excluding hydrogens is 408 g/mol. The van der Waals surface area contributed by atoms with Gasteiger partial charge in [-0.2, -0.15) is 0 Å². The molecule has 1 spiro atoms. The Bertz CT molecular complexity index is 1120. The number of hydrogen-bond donors (Lipinski definition) is 1. The molecule has 2 amide bonds. The van der Waals surface area contributed by atoms with Gasteiger partial charge < -0.3 is 24.4 Å². The van der Waals surface area contributed by atoms with Crippen molar-refractivity contribution in [2.75, 3.05) is 23.6 Å². The van der Waals surface area contributed by atoms with E-state index in [9.17, 15) is 9.59 Å². The lowest BCUT2D eigenvalue weighted by Crippen LogP contribution is -2.41. The van der Waals surface area contributed by atoms with Crippen LogP contribution in [-0.4, -0.2) is 36.9 Å². The van der Waals surface area contributed by atoms with Crippen LogP contribution in [0.4, 0.5) is 11.4 Å². The Kier molecular flexibility index (Phi) is 3.70. The zero-order valence-corrected chi connectivity index (χ0v) is 16.5. The fourth-order valence-electron chi connectivity index (χ4n) is 4.86. The van der Waals surface area contributed by atoms with E-state index in [2.05, 4.69) is 5.32 Å². The SMILES string of the molecule is O=C(Nc1cccc(Cl)c1)C1C2C(=O)N(c3ccc4c(c3)OCO4)C[C@]23C=C[C@H]1O3. The molecule has 0 aromatic heterocycles. The van der Waals surface area contributed by atoms with Crippen molar-refractivity contribution in [1.29, 1.82) is 0 Å². The average molecular weight is 425 g/mol. The van der Waals surface area contributed by atoms with E-state index in [0.717, 1.165) is 0 Å². The Morgan fingerprint density at radius 1 is 1.17 bits per heavy atom. The van der Waals surface area contributed by atoms with Crippen LogP contribution in [0.3, 0.4) is 0 Å². The van der Waals surface area contributed by atoms with E-state index in [1.165, 1.54) is 0 Å². The van der Waals surface area contributed by atoms with Crippen LogP contribution in [0.25, 0.3) is 0 Å². The Labute approximate surface area is 177 Å². The predicted molar refractivity (Wildman–Crippen MR) is 109 cm³/mol. The second-order valence-corrected chi connectivity index (χ2v) is 8.30. The summed E-state index contributed by atoms with van der Waals surface area (Å²) in [5.74, 6) is -0.325. The van der Waals surface area contributed by atoms with Gasteiger partial charge in [-0.15, -0.1) is 0 Å². The van der Waals surface area contributed by atoms with Crippen molar-refractivity contribution in [1.82, 2.24) is 0 Å². The van der Waals surface area contributed by atoms with Gasteiger partial charge in [0.1, 0.15) is 5.60 Å². The highest BCUT2D eigenvalue weighted by Gasteiger charge is 2.67. The van der Waals surface area contributed by atoms with Gasteiger partial charge in [0.2, 0.25) is 18.6 Å². The number of carbonyl (C=O) groups is 2. The number of carbonyl (C=O) groups excluding carboxylic acids is 2. The second-order valence-electron chi connectivity index (χ2n) is 7.86. The van der Waals surface area contributed by atoms with Crippen LogP contribution in [-0.2, 0) is 14.3 Å². The number of nitrogens with one attached hydrogen (secondary N) is 1. The van der Waals surface area contributed by atoms with Gasteiger partial charge >= 0.3 is 0 Å². The molecule has 0 aliphatic carbocycles. The number of rotatable bonds is 3. The van der Waals surface area contributed by atoms with Crippen LogP contribution in [0.15, 0.2) is 54.6 Å². The topological polar surface area (TPSA) is 77.1 Å². The quantitative estimate of drug-likeness (QED) is 0.766. The van der Waals surface area contributed by atoms with Crippen molar-refractivity contribution in [3.63, 3.8) is 0 Å². The van der Waals surface area contributed by atoms with E-state index in [1.54, 1.807) is 41.3 Å². The Morgan fingerprint density at radius 3 is 2.90 bits per heavy atom. The molecule has 4 atom stereocenters. The van der Waals surface area contributed by atoms with Crippen LogP contribution in [0.5, 0.6) is 11.5 Å². The van der Waals surface area contributed by atoms with Crippen molar-refractivity contribution < 1.29 is 23.8 Å². The number of anilines is 2. The molecule has 1 N–H and O–H groups in total. The molecule has 30 heavy (non-hydrogen) atoms. The number of ether oxygens (including phenoxy) is 3. The smallest absolute Gasteiger partial charge is 0.234 e. The largest absolute Gasteiger partial charge is 0.454 e. The van der Waals surface area contributed by atoms with Crippen molar-refractivity contribution >= 4 is 34.8 Å². The molecule has 2 unspecified atom stereocenters. The van der Waals surface area contributed by atoms with E-state index in [4.69, 9.17) is 25.8 Å². The van der Waals surface area contributed by atoms with Gasteiger partial charge in [0.05, 0.1) is 24.5 Å². The van der Waals surface area contributed by atoms with Gasteiger partial charge in [0.15, 0.2) is 11.5 Å². The van der Waals surface area contributed by atoms with Gasteiger partial charge in [-0.05, 0) is 30.3 Å². The maximum atomic E-state index is 13.4. The summed E-state index contributed by atoms with van der Waals surface area (Å²) < 4.78 is 17.0. The van der Waals surface area contributed by atoms with Crippen molar-refractivity contribution in [2.45, 2.75) is 11.7 Å². The maximum absolute atomic E-state index is 13.4. The highest BCUT2D eigenvalue weighted by atomic mass is 35.5. The number of fused-ring (bicyclic) bond motifs is 2. The zero-order chi connectivity index (χ0) is 20.5. The zero-order valence-electron chi connectivity index (χ0n) is 15.7. The molecule has 2 saturated heterocycles. The molecule has 2 fully saturated rings. The van der Waals surface area contributed by atoms with Crippen LogP contribution in [0, 0.1) is 11.8 Å². The highest BCUT2D eigenvalue weighted by Crippen LogP contribution is 2.53. The maximum Gasteiger partial charge on any atom is 0.234 e. The van der Waals surface area contributed by atoms with E-state index in [0.29, 0.717) is 34.4 Å². The van der Waals surface area contributed by atoms with Gasteiger partial charge in [-0.3, -0.25) is 9.59 Å². The summed E-state index contributed by atoms with van der Waals surface area (Å²) in [6.45, 7) is 0.517. The van der Waals surface area contributed by atoms with Gasteiger partial charge in [-0.25, -0.2) is 0 Å². The lowest BCUT2D eigenvalue weighted by Gasteiger charge is -2.23. The first-order valence-electron chi connectivity index (χ1n) is 9.69. The van der Waals surface area contributed by atoms with E-state index in [1.807, 2.05) is 18.2 Å². The molecule has 8 heteroatoms. The molecule has 0 radical (unpaired) electrons. The molecule has 4 aliphatic heterocycles. The molecule has 2 aromatic carbocycles. The Hall–Kier alpha value is -3.03. The fraction of sp³-hybridized carbons (Fsp3) is 0.273. The van der Waals surface area contributed by atoms with Gasteiger partial charge in [0.25, 0.3) is 0 Å². The predicted octanol–water partition coefficient (Wildman–Crippen LogP) is 2.99. The minimum absolute atomic E-state index is 0.132. The summed E-state index contributed by atoms with van der Waals surface area (Å²) in [6, 6.07) is 12.3.